The van der Waals surface area contributed by atoms with Gasteiger partial charge in [-0.05, 0) is 74.0 Å². The summed E-state index contributed by atoms with van der Waals surface area (Å²) < 4.78 is 1.74. The Hall–Kier alpha value is -3.36. The molecule has 8 heteroatoms. The maximum Gasteiger partial charge on any atom is 0.243 e. The van der Waals surface area contributed by atoms with E-state index in [1.54, 1.807) is 11.4 Å². The zero-order valence-corrected chi connectivity index (χ0v) is 20.8. The third-order valence-corrected chi connectivity index (χ3v) is 7.18. The maximum atomic E-state index is 11.7. The standard InChI is InChI=1S/C27H33N5O3/c1-16(2)26-21-11-19(18-7-9-31(10-8-18)15-24(33)28-4)5-6-22(21)30-27(26)20-12-23-29-17(3)14-32(23)25(13-20)35-34/h5-6,11-14,16,18,30,34H,7-10,15H2,1-4H3,(H,28,33). The molecule has 0 radical (unpaired) electrons. The number of hydrogen-bond donors (Lipinski definition) is 3. The van der Waals surface area contributed by atoms with Crippen molar-refractivity contribution in [1.82, 2.24) is 24.6 Å². The lowest BCUT2D eigenvalue weighted by Crippen LogP contribution is -2.40. The van der Waals surface area contributed by atoms with Gasteiger partial charge in [0.25, 0.3) is 0 Å². The number of carbonyl (C=O) groups is 1. The van der Waals surface area contributed by atoms with Crippen LogP contribution in [-0.4, -0.2) is 57.1 Å². The van der Waals surface area contributed by atoms with Gasteiger partial charge in [-0.15, -0.1) is 0 Å². The van der Waals surface area contributed by atoms with Gasteiger partial charge in [-0.3, -0.25) is 14.1 Å². The summed E-state index contributed by atoms with van der Waals surface area (Å²) >= 11 is 0. The molecular formula is C27H33N5O3. The number of carbonyl (C=O) groups excluding carboxylic acids is 1. The number of H-pyrrole nitrogens is 1. The van der Waals surface area contributed by atoms with Crippen LogP contribution in [0.1, 0.15) is 55.3 Å². The monoisotopic (exact) mass is 475 g/mol. The first-order valence-electron chi connectivity index (χ1n) is 12.3. The van der Waals surface area contributed by atoms with E-state index in [-0.39, 0.29) is 5.91 Å². The van der Waals surface area contributed by atoms with Gasteiger partial charge in [-0.2, -0.15) is 0 Å². The Bertz CT molecular complexity index is 1380. The van der Waals surface area contributed by atoms with E-state index in [0.717, 1.165) is 54.0 Å². The first-order valence-corrected chi connectivity index (χ1v) is 12.3. The minimum atomic E-state index is 0.0738. The Morgan fingerprint density at radius 3 is 2.71 bits per heavy atom. The lowest BCUT2D eigenvalue weighted by molar-refractivity contribution is -0.142. The predicted molar refractivity (Wildman–Crippen MR) is 137 cm³/mol. The van der Waals surface area contributed by atoms with Crippen molar-refractivity contribution in [2.75, 3.05) is 26.7 Å². The molecule has 1 aromatic carbocycles. The zero-order chi connectivity index (χ0) is 24.7. The summed E-state index contributed by atoms with van der Waals surface area (Å²) in [4.78, 5) is 26.9. The molecule has 8 nitrogen and oxygen atoms in total. The summed E-state index contributed by atoms with van der Waals surface area (Å²) in [5.41, 5.74) is 7.22. The van der Waals surface area contributed by atoms with Gasteiger partial charge in [-0.1, -0.05) is 19.9 Å². The third-order valence-electron chi connectivity index (χ3n) is 7.18. The molecule has 0 bridgehead atoms. The number of nitrogens with one attached hydrogen (secondary N) is 2. The molecule has 184 valence electrons. The van der Waals surface area contributed by atoms with Crippen LogP contribution < -0.4 is 10.2 Å². The maximum absolute atomic E-state index is 11.7. The van der Waals surface area contributed by atoms with Gasteiger partial charge >= 0.3 is 0 Å². The quantitative estimate of drug-likeness (QED) is 0.278. The fourth-order valence-electron chi connectivity index (χ4n) is 5.41. The van der Waals surface area contributed by atoms with E-state index in [0.29, 0.717) is 24.3 Å². The second-order valence-electron chi connectivity index (χ2n) is 9.88. The Morgan fingerprint density at radius 2 is 2.03 bits per heavy atom. The van der Waals surface area contributed by atoms with E-state index in [2.05, 4.69) is 52.2 Å². The fourth-order valence-corrected chi connectivity index (χ4v) is 5.41. The minimum Gasteiger partial charge on any atom is -0.358 e. The van der Waals surface area contributed by atoms with Crippen molar-refractivity contribution in [2.24, 2.45) is 0 Å². The van der Waals surface area contributed by atoms with E-state index in [1.807, 2.05) is 25.3 Å². The number of benzene rings is 1. The molecule has 1 aliphatic rings. The molecule has 4 heterocycles. The highest BCUT2D eigenvalue weighted by atomic mass is 17.1. The highest BCUT2D eigenvalue weighted by Crippen LogP contribution is 2.39. The summed E-state index contributed by atoms with van der Waals surface area (Å²) in [5.74, 6) is 1.18. The van der Waals surface area contributed by atoms with E-state index < -0.39 is 0 Å². The van der Waals surface area contributed by atoms with Crippen LogP contribution in [0.4, 0.5) is 0 Å². The number of aromatic nitrogens is 3. The van der Waals surface area contributed by atoms with Crippen molar-refractivity contribution < 1.29 is 14.9 Å². The molecule has 0 atom stereocenters. The normalized spacial score (nSPS) is 15.4. The van der Waals surface area contributed by atoms with Gasteiger partial charge in [-0.25, -0.2) is 10.2 Å². The molecule has 0 saturated carbocycles. The SMILES string of the molecule is CNC(=O)CN1CCC(c2ccc3[nH]c(-c4cc(OO)n5cc(C)nc5c4)c(C(C)C)c3c2)CC1. The van der Waals surface area contributed by atoms with Crippen LogP contribution in [0.15, 0.2) is 36.5 Å². The minimum absolute atomic E-state index is 0.0738. The number of amides is 1. The average Bonchev–Trinajstić information content (AvgIpc) is 3.43. The first-order chi connectivity index (χ1) is 16.9. The average molecular weight is 476 g/mol. The van der Waals surface area contributed by atoms with Gasteiger partial charge in [0.2, 0.25) is 11.8 Å². The third kappa shape index (κ3) is 4.39. The van der Waals surface area contributed by atoms with Crippen LogP contribution in [0.25, 0.3) is 27.8 Å². The Labute approximate surface area is 204 Å². The number of piperidine rings is 1. The van der Waals surface area contributed by atoms with Crippen molar-refractivity contribution in [3.63, 3.8) is 0 Å². The van der Waals surface area contributed by atoms with Gasteiger partial charge in [0.05, 0.1) is 17.9 Å². The topological polar surface area (TPSA) is 94.9 Å². The highest BCUT2D eigenvalue weighted by Gasteiger charge is 2.24. The van der Waals surface area contributed by atoms with Crippen molar-refractivity contribution in [1.29, 1.82) is 0 Å². The summed E-state index contributed by atoms with van der Waals surface area (Å²) in [5, 5.41) is 13.5. The van der Waals surface area contributed by atoms with Crippen molar-refractivity contribution >= 4 is 22.5 Å². The summed E-state index contributed by atoms with van der Waals surface area (Å²) in [6.07, 6.45) is 3.93. The van der Waals surface area contributed by atoms with Crippen LogP contribution in [0, 0.1) is 6.92 Å². The van der Waals surface area contributed by atoms with E-state index in [1.165, 1.54) is 16.5 Å². The number of aromatic amines is 1. The van der Waals surface area contributed by atoms with E-state index >= 15 is 0 Å². The smallest absolute Gasteiger partial charge is 0.243 e. The molecule has 0 unspecified atom stereocenters. The molecule has 0 aliphatic carbocycles. The molecule has 5 rings (SSSR count). The van der Waals surface area contributed by atoms with Crippen LogP contribution in [0.3, 0.4) is 0 Å². The summed E-state index contributed by atoms with van der Waals surface area (Å²) in [6, 6.07) is 10.6. The summed E-state index contributed by atoms with van der Waals surface area (Å²) in [7, 11) is 1.69. The molecule has 1 amide bonds. The molecule has 3 aromatic heterocycles. The molecule has 1 fully saturated rings. The second kappa shape index (κ2) is 9.36. The number of rotatable bonds is 6. The lowest BCUT2D eigenvalue weighted by atomic mass is 9.87. The van der Waals surface area contributed by atoms with Crippen molar-refractivity contribution in [3.05, 3.63) is 53.3 Å². The second-order valence-corrected chi connectivity index (χ2v) is 9.88. The van der Waals surface area contributed by atoms with E-state index in [4.69, 9.17) is 4.89 Å². The molecule has 4 aromatic rings. The molecule has 1 aliphatic heterocycles. The van der Waals surface area contributed by atoms with Crippen molar-refractivity contribution in [3.8, 4) is 17.1 Å². The number of likely N-dealkylation sites (tertiary alicyclic amines) is 1. The number of fused-ring (bicyclic) bond motifs is 2. The fraction of sp³-hybridized carbons (Fsp3) is 0.407. The molecule has 35 heavy (non-hydrogen) atoms. The molecule has 1 saturated heterocycles. The first kappa shape index (κ1) is 23.4. The van der Waals surface area contributed by atoms with Crippen LogP contribution in [0.2, 0.25) is 0 Å². The number of pyridine rings is 1. The van der Waals surface area contributed by atoms with Crippen LogP contribution in [0.5, 0.6) is 5.88 Å². The Morgan fingerprint density at radius 1 is 1.26 bits per heavy atom. The number of nitrogens with zero attached hydrogens (tertiary/aromatic N) is 3. The Balaban J connectivity index is 1.51. The summed E-state index contributed by atoms with van der Waals surface area (Å²) in [6.45, 7) is 8.66. The zero-order valence-electron chi connectivity index (χ0n) is 20.8. The molecular weight excluding hydrogens is 442 g/mol. The molecule has 3 N–H and O–H groups in total. The lowest BCUT2D eigenvalue weighted by Gasteiger charge is -2.31. The Kier molecular flexibility index (Phi) is 6.25. The number of imidazole rings is 1. The van der Waals surface area contributed by atoms with Crippen LogP contribution in [-0.2, 0) is 4.79 Å². The number of aryl methyl sites for hydroxylation is 1. The van der Waals surface area contributed by atoms with Crippen LogP contribution >= 0.6 is 0 Å². The van der Waals surface area contributed by atoms with Gasteiger partial charge in [0, 0.05) is 35.8 Å². The van der Waals surface area contributed by atoms with Gasteiger partial charge in [0.1, 0.15) is 5.65 Å². The highest BCUT2D eigenvalue weighted by molar-refractivity contribution is 5.92. The van der Waals surface area contributed by atoms with Crippen molar-refractivity contribution in [2.45, 2.75) is 45.4 Å². The molecule has 0 spiro atoms. The van der Waals surface area contributed by atoms with E-state index in [9.17, 15) is 10.1 Å². The number of hydrogen-bond acceptors (Lipinski definition) is 5. The largest absolute Gasteiger partial charge is 0.358 e. The van der Waals surface area contributed by atoms with Gasteiger partial charge < -0.3 is 15.2 Å². The van der Waals surface area contributed by atoms with Gasteiger partial charge in [0.15, 0.2) is 0 Å². The number of likely N-dealkylation sites (N-methyl/N-ethyl adjacent to an activating group) is 1. The predicted octanol–water partition coefficient (Wildman–Crippen LogP) is 4.69.